The Labute approximate surface area is 166 Å². The molecule has 144 valence electrons. The van der Waals surface area contributed by atoms with Gasteiger partial charge in [-0.2, -0.15) is 5.10 Å². The number of carbonyl (C=O) groups is 1. The van der Waals surface area contributed by atoms with Crippen LogP contribution in [0.2, 0.25) is 5.02 Å². The number of hydrogen-bond donors (Lipinski definition) is 1. The van der Waals surface area contributed by atoms with Crippen LogP contribution in [0.3, 0.4) is 0 Å². The Morgan fingerprint density at radius 3 is 2.71 bits per heavy atom. The highest BCUT2D eigenvalue weighted by molar-refractivity contribution is 6.33. The van der Waals surface area contributed by atoms with Gasteiger partial charge in [-0.3, -0.25) is 19.4 Å². The zero-order chi connectivity index (χ0) is 19.5. The molecule has 1 aliphatic rings. The maximum atomic E-state index is 13.2. The van der Waals surface area contributed by atoms with Crippen molar-refractivity contribution in [3.8, 4) is 11.3 Å². The van der Waals surface area contributed by atoms with E-state index in [0.717, 1.165) is 43.0 Å². The molecule has 28 heavy (non-hydrogen) atoms. The summed E-state index contributed by atoms with van der Waals surface area (Å²) in [6.45, 7) is 0. The Balaban J connectivity index is 1.35. The first-order chi connectivity index (χ1) is 13.6. The number of aromatic nitrogens is 4. The second-order valence-electron chi connectivity index (χ2n) is 6.90. The predicted molar refractivity (Wildman–Crippen MR) is 103 cm³/mol. The van der Waals surface area contributed by atoms with E-state index in [1.807, 2.05) is 10.9 Å². The molecule has 6 nitrogen and oxygen atoms in total. The minimum Gasteiger partial charge on any atom is -0.349 e. The highest BCUT2D eigenvalue weighted by Crippen LogP contribution is 2.29. The maximum absolute atomic E-state index is 13.2. The molecule has 1 amide bonds. The van der Waals surface area contributed by atoms with Gasteiger partial charge in [0.25, 0.3) is 5.91 Å². The lowest BCUT2D eigenvalue weighted by Gasteiger charge is -2.29. The third kappa shape index (κ3) is 4.04. The number of benzene rings is 1. The smallest absolute Gasteiger partial charge is 0.253 e. The van der Waals surface area contributed by atoms with Crippen LogP contribution < -0.4 is 5.32 Å². The summed E-state index contributed by atoms with van der Waals surface area (Å²) in [5.74, 6) is -0.723. The van der Waals surface area contributed by atoms with E-state index in [1.165, 1.54) is 12.1 Å². The lowest BCUT2D eigenvalue weighted by molar-refractivity contribution is 0.0922. The van der Waals surface area contributed by atoms with E-state index in [0.29, 0.717) is 5.56 Å². The molecule has 2 heterocycles. The van der Waals surface area contributed by atoms with E-state index in [9.17, 15) is 9.18 Å². The molecule has 0 atom stereocenters. The molecular formula is C20H19ClFN5O. The second-order valence-corrected chi connectivity index (χ2v) is 7.31. The van der Waals surface area contributed by atoms with Crippen molar-refractivity contribution >= 4 is 17.5 Å². The van der Waals surface area contributed by atoms with Gasteiger partial charge in [-0.05, 0) is 43.9 Å². The van der Waals surface area contributed by atoms with E-state index in [2.05, 4.69) is 20.4 Å². The Morgan fingerprint density at radius 1 is 1.18 bits per heavy atom. The van der Waals surface area contributed by atoms with Gasteiger partial charge in [0.1, 0.15) is 5.82 Å². The van der Waals surface area contributed by atoms with E-state index in [1.54, 1.807) is 24.8 Å². The first-order valence-corrected chi connectivity index (χ1v) is 9.54. The van der Waals surface area contributed by atoms with Crippen LogP contribution >= 0.6 is 11.6 Å². The van der Waals surface area contributed by atoms with Crippen molar-refractivity contribution < 1.29 is 9.18 Å². The first kappa shape index (κ1) is 18.6. The van der Waals surface area contributed by atoms with Gasteiger partial charge < -0.3 is 5.32 Å². The summed E-state index contributed by atoms with van der Waals surface area (Å²) in [6, 6.07) is 4.16. The number of nitrogens with one attached hydrogen (secondary N) is 1. The van der Waals surface area contributed by atoms with Gasteiger partial charge in [0.15, 0.2) is 0 Å². The van der Waals surface area contributed by atoms with Crippen molar-refractivity contribution in [2.24, 2.45) is 0 Å². The average molecular weight is 400 g/mol. The predicted octanol–water partition coefficient (Wildman–Crippen LogP) is 4.05. The molecule has 4 rings (SSSR count). The molecule has 0 spiro atoms. The van der Waals surface area contributed by atoms with E-state index in [-0.39, 0.29) is 23.0 Å². The van der Waals surface area contributed by atoms with E-state index in [4.69, 9.17) is 11.6 Å². The highest BCUT2D eigenvalue weighted by Gasteiger charge is 2.25. The highest BCUT2D eigenvalue weighted by atomic mass is 35.5. The van der Waals surface area contributed by atoms with Gasteiger partial charge in [0, 0.05) is 30.2 Å². The van der Waals surface area contributed by atoms with Crippen LogP contribution in [0.1, 0.15) is 42.1 Å². The summed E-state index contributed by atoms with van der Waals surface area (Å²) in [6.07, 6.45) is 12.3. The third-order valence-corrected chi connectivity index (χ3v) is 5.35. The molecule has 0 bridgehead atoms. The van der Waals surface area contributed by atoms with Gasteiger partial charge in [-0.1, -0.05) is 11.6 Å². The molecule has 2 aromatic heterocycles. The molecule has 0 unspecified atom stereocenters. The monoisotopic (exact) mass is 399 g/mol. The Hall–Kier alpha value is -2.80. The zero-order valence-corrected chi connectivity index (χ0v) is 15.8. The maximum Gasteiger partial charge on any atom is 0.253 e. The third-order valence-electron chi connectivity index (χ3n) is 5.04. The Kier molecular flexibility index (Phi) is 5.34. The summed E-state index contributed by atoms with van der Waals surface area (Å²) in [7, 11) is 0. The van der Waals surface area contributed by atoms with Crippen molar-refractivity contribution in [3.63, 3.8) is 0 Å². The fourth-order valence-corrected chi connectivity index (χ4v) is 3.79. The normalized spacial score (nSPS) is 19.4. The number of halogens is 2. The van der Waals surface area contributed by atoms with Crippen LogP contribution in [-0.4, -0.2) is 31.7 Å². The van der Waals surface area contributed by atoms with Crippen LogP contribution in [0.25, 0.3) is 11.3 Å². The lowest BCUT2D eigenvalue weighted by Crippen LogP contribution is -2.38. The van der Waals surface area contributed by atoms with Gasteiger partial charge in [0.2, 0.25) is 0 Å². The second kappa shape index (κ2) is 8.06. The van der Waals surface area contributed by atoms with E-state index >= 15 is 0 Å². The molecule has 1 aromatic carbocycles. The average Bonchev–Trinajstić information content (AvgIpc) is 3.19. The molecule has 1 saturated carbocycles. The van der Waals surface area contributed by atoms with Crippen molar-refractivity contribution in [1.29, 1.82) is 0 Å². The van der Waals surface area contributed by atoms with Gasteiger partial charge in [-0.15, -0.1) is 0 Å². The van der Waals surface area contributed by atoms with Gasteiger partial charge >= 0.3 is 0 Å². The lowest BCUT2D eigenvalue weighted by atomic mass is 9.91. The zero-order valence-electron chi connectivity index (χ0n) is 15.1. The van der Waals surface area contributed by atoms with Crippen LogP contribution in [0, 0.1) is 5.82 Å². The molecular weight excluding hydrogens is 381 g/mol. The Bertz CT molecular complexity index is 970. The SMILES string of the molecule is O=C(NC1CCC(n2cc(-c3cnccn3)cn2)CC1)c1ccc(F)cc1Cl. The van der Waals surface area contributed by atoms with Crippen molar-refractivity contribution in [3.05, 3.63) is 65.6 Å². The number of hydrogen-bond acceptors (Lipinski definition) is 4. The van der Waals surface area contributed by atoms with E-state index < -0.39 is 5.82 Å². The van der Waals surface area contributed by atoms with Crippen molar-refractivity contribution in [1.82, 2.24) is 25.1 Å². The van der Waals surface area contributed by atoms with Gasteiger partial charge in [-0.25, -0.2) is 4.39 Å². The molecule has 3 aromatic rings. The molecule has 8 heteroatoms. The van der Waals surface area contributed by atoms with Crippen LogP contribution in [-0.2, 0) is 0 Å². The van der Waals surface area contributed by atoms with Crippen LogP contribution in [0.4, 0.5) is 4.39 Å². The minimum absolute atomic E-state index is 0.0693. The number of amides is 1. The number of rotatable bonds is 4. The standard InChI is InChI=1S/C20H19ClFN5O/c21-18-9-14(22)1-6-17(18)20(28)26-15-2-4-16(5-3-15)27-12-13(10-25-27)19-11-23-7-8-24-19/h1,6-12,15-16H,2-5H2,(H,26,28). The fourth-order valence-electron chi connectivity index (χ4n) is 3.54. The first-order valence-electron chi connectivity index (χ1n) is 9.16. The van der Waals surface area contributed by atoms with Crippen molar-refractivity contribution in [2.75, 3.05) is 0 Å². The number of carbonyl (C=O) groups excluding carboxylic acids is 1. The molecule has 0 aliphatic heterocycles. The van der Waals surface area contributed by atoms with Crippen molar-refractivity contribution in [2.45, 2.75) is 37.8 Å². The minimum atomic E-state index is -0.456. The summed E-state index contributed by atoms with van der Waals surface area (Å²) >= 11 is 5.98. The fraction of sp³-hybridized carbons (Fsp3) is 0.300. The molecule has 1 N–H and O–H groups in total. The molecule has 1 aliphatic carbocycles. The summed E-state index contributed by atoms with van der Waals surface area (Å²) in [4.78, 5) is 20.8. The quantitative estimate of drug-likeness (QED) is 0.718. The van der Waals surface area contributed by atoms with Crippen LogP contribution in [0.15, 0.2) is 49.2 Å². The summed E-state index contributed by atoms with van der Waals surface area (Å²) in [5, 5.41) is 7.61. The summed E-state index contributed by atoms with van der Waals surface area (Å²) < 4.78 is 15.1. The van der Waals surface area contributed by atoms with Crippen LogP contribution in [0.5, 0.6) is 0 Å². The topological polar surface area (TPSA) is 72.7 Å². The van der Waals surface area contributed by atoms with Gasteiger partial charge in [0.05, 0.1) is 34.7 Å². The number of nitrogens with zero attached hydrogens (tertiary/aromatic N) is 4. The molecule has 0 saturated heterocycles. The molecule has 0 radical (unpaired) electrons. The Morgan fingerprint density at radius 2 is 2.00 bits per heavy atom. The largest absolute Gasteiger partial charge is 0.349 e. The molecule has 1 fully saturated rings. The summed E-state index contributed by atoms with van der Waals surface area (Å²) in [5.41, 5.74) is 2.03.